The summed E-state index contributed by atoms with van der Waals surface area (Å²) in [5, 5.41) is 49.9. The molecule has 0 unspecified atom stereocenters. The van der Waals surface area contributed by atoms with E-state index in [0.717, 1.165) is 73.3 Å². The normalized spacial score (nSPS) is 15.8. The summed E-state index contributed by atoms with van der Waals surface area (Å²) in [6.07, 6.45) is 3.34. The molecule has 0 radical (unpaired) electrons. The summed E-state index contributed by atoms with van der Waals surface area (Å²) in [7, 11) is 0. The van der Waals surface area contributed by atoms with Crippen molar-refractivity contribution >= 4 is 125 Å². The first kappa shape index (κ1) is 50.2. The SMILES string of the molecule is [C-]#[N+]C([N+]#[C-])=C1/C(=C/c2cc3c(s2)-c2sc(-c4c5c(c(-c6cc7c(s6)-c6sc(/C=C8\C(=O)c9cc([N+]#[C-])c(C#N)cc9C8=C(C#N)C#N)cc6OC7(C)C)c6nn(CC)nc46)N=S=N5)cc2C3(C)C)C(=O)c2cc(C#N)c([N+]#[C-])cc21. The largest absolute Gasteiger partial charge is 0.527 e. The molecule has 8 aromatic rings. The van der Waals surface area contributed by atoms with Gasteiger partial charge < -0.3 is 4.74 Å². The number of Topliss-reactive ketones (excluding diaryl/α,β-unsaturated/α-hetero) is 2. The van der Waals surface area contributed by atoms with Crippen LogP contribution in [0.4, 0.5) is 22.7 Å². The molecule has 0 spiro atoms. The maximum Gasteiger partial charge on any atom is 0.527 e. The number of allylic oxidation sites excluding steroid dienone is 5. The lowest BCUT2D eigenvalue weighted by Gasteiger charge is -2.31. The Morgan fingerprint density at radius 1 is 0.642 bits per heavy atom. The van der Waals surface area contributed by atoms with Gasteiger partial charge >= 0.3 is 5.82 Å². The molecule has 21 heteroatoms. The third-order valence-corrected chi connectivity index (χ3v) is 20.2. The molecule has 81 heavy (non-hydrogen) atoms. The number of aromatic nitrogens is 3. The number of hydrogen-bond donors (Lipinski definition) is 0. The van der Waals surface area contributed by atoms with Gasteiger partial charge in [0.2, 0.25) is 11.4 Å². The van der Waals surface area contributed by atoms with E-state index in [1.807, 2.05) is 57.2 Å². The van der Waals surface area contributed by atoms with Gasteiger partial charge in [-0.05, 0) is 104 Å². The molecule has 3 aromatic carbocycles. The first-order valence-corrected chi connectivity index (χ1v) is 28.3. The molecule has 0 atom stereocenters. The fraction of sp³-hybridized carbons (Fsp3) is 0.133. The number of benzene rings is 3. The second kappa shape index (κ2) is 17.9. The van der Waals surface area contributed by atoms with Crippen LogP contribution in [0.1, 0.15) is 104 Å². The van der Waals surface area contributed by atoms with Crippen LogP contribution in [0.25, 0.3) is 94.1 Å². The van der Waals surface area contributed by atoms with Gasteiger partial charge in [0.05, 0.1) is 80.8 Å². The molecule has 2 aliphatic heterocycles. The smallest absolute Gasteiger partial charge is 0.482 e. The van der Waals surface area contributed by atoms with Gasteiger partial charge in [0.25, 0.3) is 0 Å². The van der Waals surface area contributed by atoms with E-state index in [2.05, 4.69) is 45.4 Å². The van der Waals surface area contributed by atoms with Gasteiger partial charge in [-0.15, -0.1) is 45.3 Å². The number of nitriles is 4. The van der Waals surface area contributed by atoms with Crippen molar-refractivity contribution in [3.05, 3.63) is 177 Å². The van der Waals surface area contributed by atoms with Gasteiger partial charge in [-0.2, -0.15) is 54.5 Å². The lowest BCUT2D eigenvalue weighted by Crippen LogP contribution is -2.27. The summed E-state index contributed by atoms with van der Waals surface area (Å²) in [4.78, 5) is 50.7. The van der Waals surface area contributed by atoms with Crippen LogP contribution in [0.2, 0.25) is 0 Å². The van der Waals surface area contributed by atoms with E-state index in [4.69, 9.17) is 49.9 Å². The summed E-state index contributed by atoms with van der Waals surface area (Å²) < 4.78 is 16.6. The van der Waals surface area contributed by atoms with E-state index in [-0.39, 0.29) is 78.4 Å². The molecule has 16 nitrogen and oxygen atoms in total. The molecule has 380 valence electrons. The highest BCUT2D eigenvalue weighted by Crippen LogP contribution is 2.62. The number of thiophene rings is 4. The number of ether oxygens (including phenoxy) is 1. The molecule has 0 saturated carbocycles. The van der Waals surface area contributed by atoms with Crippen molar-refractivity contribution < 1.29 is 14.3 Å². The molecule has 13 rings (SSSR count). The Labute approximate surface area is 480 Å². The van der Waals surface area contributed by atoms with E-state index in [9.17, 15) is 30.6 Å². The Morgan fingerprint density at radius 2 is 1.14 bits per heavy atom. The lowest BCUT2D eigenvalue weighted by atomic mass is 9.83. The maximum atomic E-state index is 14.1. The minimum atomic E-state index is -0.827. The standard InChI is InChI=1S/C60H27N13O3S5/c1-10-73-69-48-46(42-19-37-55(79-42)54-36(59(37,2)3)15-28(77-54)13-35-45(58(67-8)68-9)31-17-39(65-6)26(22-62)12-32(31)52(35)74)50-51(72-81-71-50)47(49(48)70-73)43-20-38-56(80-43)57-41(76-60(38,4)5)16-29(78-57)14-34-44(27(23-63)24-64)30-11-25(21-61)40(66-7)18-33(30)53(34)75/h11-20H,10H2,1-5H3/b34-14-,35-13-. The number of nitrogens with zero attached hydrogens (tertiary/aromatic N) is 13. The second-order valence-electron chi connectivity index (χ2n) is 19.9. The van der Waals surface area contributed by atoms with Gasteiger partial charge in [0.15, 0.2) is 11.6 Å². The minimum Gasteiger partial charge on any atom is -0.482 e. The van der Waals surface area contributed by atoms with Crippen LogP contribution in [0.5, 0.6) is 5.75 Å². The van der Waals surface area contributed by atoms with E-state index < -0.39 is 22.6 Å². The van der Waals surface area contributed by atoms with Gasteiger partial charge in [-0.3, -0.25) is 9.59 Å². The fourth-order valence-corrected chi connectivity index (χ4v) is 17.0. The van der Waals surface area contributed by atoms with Gasteiger partial charge in [0, 0.05) is 68.1 Å². The zero-order valence-corrected chi connectivity index (χ0v) is 46.6. The summed E-state index contributed by atoms with van der Waals surface area (Å²) in [6, 6.07) is 21.5. The predicted molar refractivity (Wildman–Crippen MR) is 312 cm³/mol. The molecular weight excluding hydrogens is 1110 g/mol. The summed E-state index contributed by atoms with van der Waals surface area (Å²) in [6.45, 7) is 41.6. The summed E-state index contributed by atoms with van der Waals surface area (Å²) in [5.74, 6) is -0.626. The van der Waals surface area contributed by atoms with Crippen LogP contribution >= 0.6 is 45.3 Å². The van der Waals surface area contributed by atoms with Gasteiger partial charge in [-0.25, -0.2) is 9.69 Å². The topological polar surface area (TPSA) is 211 Å². The molecule has 3 aliphatic carbocycles. The highest BCUT2D eigenvalue weighted by atomic mass is 32.1. The zero-order valence-electron chi connectivity index (χ0n) is 42.6. The monoisotopic (exact) mass is 1140 g/mol. The van der Waals surface area contributed by atoms with Gasteiger partial charge in [-0.1, -0.05) is 13.8 Å². The number of rotatable bonds is 5. The number of aryl methyl sites for hydroxylation is 1. The first-order chi connectivity index (χ1) is 39.0. The van der Waals surface area contributed by atoms with Crippen LogP contribution in [-0.4, -0.2) is 26.6 Å². The van der Waals surface area contributed by atoms with Crippen molar-refractivity contribution in [2.24, 2.45) is 8.73 Å². The average Bonchev–Trinajstić information content (AvgIpc) is 4.26. The van der Waals surface area contributed by atoms with Crippen LogP contribution in [0.3, 0.4) is 0 Å². The zero-order chi connectivity index (χ0) is 56.7. The Bertz CT molecular complexity index is 5000. The molecule has 0 amide bonds. The summed E-state index contributed by atoms with van der Waals surface area (Å²) >= 11 is 7.14. The Hall–Kier alpha value is -10.3. The average molecular weight is 1140 g/mol. The van der Waals surface area contributed by atoms with Crippen molar-refractivity contribution in [1.29, 1.82) is 21.0 Å². The molecule has 0 fully saturated rings. The fourth-order valence-electron chi connectivity index (χ4n) is 11.1. The Balaban J connectivity index is 0.908. The number of ketones is 2. The third-order valence-electron chi connectivity index (χ3n) is 14.9. The van der Waals surface area contributed by atoms with Crippen molar-refractivity contribution in [3.8, 4) is 70.4 Å². The first-order valence-electron chi connectivity index (χ1n) is 24.3. The van der Waals surface area contributed by atoms with Crippen LogP contribution in [-0.2, 0) is 28.9 Å². The van der Waals surface area contributed by atoms with Crippen molar-refractivity contribution in [1.82, 2.24) is 15.0 Å². The van der Waals surface area contributed by atoms with Crippen molar-refractivity contribution in [2.45, 2.75) is 52.2 Å². The number of fused-ring (bicyclic) bond motifs is 10. The predicted octanol–water partition coefficient (Wildman–Crippen LogP) is 16.1. The Morgan fingerprint density at radius 3 is 1.70 bits per heavy atom. The number of carbonyl (C=O) groups excluding carboxylic acids is 2. The van der Waals surface area contributed by atoms with Gasteiger partial charge in [0.1, 0.15) is 64.6 Å². The highest BCUT2D eigenvalue weighted by molar-refractivity contribution is 7.58. The molecule has 0 N–H and O–H groups in total. The second-order valence-corrected chi connectivity index (χ2v) is 24.7. The van der Waals surface area contributed by atoms with E-state index in [0.29, 0.717) is 39.6 Å². The van der Waals surface area contributed by atoms with E-state index >= 15 is 0 Å². The molecular formula is C60H27N13O3S5. The number of carbonyl (C=O) groups is 2. The van der Waals surface area contributed by atoms with E-state index in [1.54, 1.807) is 39.6 Å². The van der Waals surface area contributed by atoms with Crippen LogP contribution < -0.4 is 4.74 Å². The van der Waals surface area contributed by atoms with Crippen LogP contribution in [0, 0.1) is 71.6 Å². The summed E-state index contributed by atoms with van der Waals surface area (Å²) in [5.41, 5.74) is 7.05. The lowest BCUT2D eigenvalue weighted by molar-refractivity contribution is 0.103. The van der Waals surface area contributed by atoms with Crippen molar-refractivity contribution in [2.75, 3.05) is 0 Å². The highest BCUT2D eigenvalue weighted by Gasteiger charge is 2.43. The molecule has 5 aliphatic rings. The third kappa shape index (κ3) is 7.06. The minimum absolute atomic E-state index is 0.00432. The number of hydrogen-bond acceptors (Lipinski definition) is 15. The maximum absolute atomic E-state index is 14.1. The quantitative estimate of drug-likeness (QED) is 0.0910. The van der Waals surface area contributed by atoms with E-state index in [1.165, 1.54) is 46.9 Å². The molecule has 0 saturated heterocycles. The van der Waals surface area contributed by atoms with Crippen molar-refractivity contribution in [3.63, 3.8) is 0 Å². The Kier molecular flexibility index (Phi) is 11.1. The molecule has 5 aromatic heterocycles. The molecule has 0 bridgehead atoms. The van der Waals surface area contributed by atoms with Crippen LogP contribution in [0.15, 0.2) is 79.8 Å². The molecule has 7 heterocycles.